The van der Waals surface area contributed by atoms with Crippen LogP contribution in [0.3, 0.4) is 0 Å². The van der Waals surface area contributed by atoms with Crippen LogP contribution in [0.5, 0.6) is 0 Å². The van der Waals surface area contributed by atoms with E-state index < -0.39 is 5.97 Å². The Kier molecular flexibility index (Phi) is 3.14. The molecule has 0 radical (unpaired) electrons. The van der Waals surface area contributed by atoms with Gasteiger partial charge in [0.05, 0.1) is 6.54 Å². The molecule has 1 aromatic rings. The molecule has 1 aromatic heterocycles. The first-order valence-electron chi connectivity index (χ1n) is 3.83. The molecule has 13 heavy (non-hydrogen) atoms. The van der Waals surface area contributed by atoms with Gasteiger partial charge in [0, 0.05) is 12.4 Å². The molecule has 4 heteroatoms. The number of hydrogen-bond donors (Lipinski definition) is 1. The van der Waals surface area contributed by atoms with E-state index in [2.05, 4.69) is 9.98 Å². The van der Waals surface area contributed by atoms with Gasteiger partial charge in [-0.25, -0.2) is 4.79 Å². The lowest BCUT2D eigenvalue weighted by Crippen LogP contribution is -2.08. The fourth-order valence-electron chi connectivity index (χ4n) is 0.766. The summed E-state index contributed by atoms with van der Waals surface area (Å²) in [6, 6.07) is 3.61. The minimum Gasteiger partial charge on any atom is -0.477 e. The van der Waals surface area contributed by atoms with Crippen molar-refractivity contribution < 1.29 is 9.90 Å². The second-order valence-electron chi connectivity index (χ2n) is 2.56. The Morgan fingerprint density at radius 3 is 2.69 bits per heavy atom. The summed E-state index contributed by atoms with van der Waals surface area (Å²) in [7, 11) is 0. The number of hydrogen-bond acceptors (Lipinski definition) is 3. The molecule has 0 aliphatic heterocycles. The largest absolute Gasteiger partial charge is 0.477 e. The van der Waals surface area contributed by atoms with E-state index in [1.165, 1.54) is 6.92 Å². The summed E-state index contributed by atoms with van der Waals surface area (Å²) in [4.78, 5) is 18.1. The van der Waals surface area contributed by atoms with Crippen molar-refractivity contribution >= 4 is 11.7 Å². The van der Waals surface area contributed by atoms with Gasteiger partial charge in [-0.05, 0) is 24.6 Å². The number of rotatable bonds is 3. The summed E-state index contributed by atoms with van der Waals surface area (Å²) in [5.74, 6) is -0.978. The molecule has 0 unspecified atom stereocenters. The fraction of sp³-hybridized carbons (Fsp3) is 0.222. The van der Waals surface area contributed by atoms with Crippen molar-refractivity contribution in [3.8, 4) is 0 Å². The summed E-state index contributed by atoms with van der Waals surface area (Å²) in [5, 5.41) is 8.52. The third-order valence-corrected chi connectivity index (χ3v) is 1.56. The van der Waals surface area contributed by atoms with E-state index in [0.29, 0.717) is 6.54 Å². The van der Waals surface area contributed by atoms with E-state index in [1.807, 2.05) is 0 Å². The monoisotopic (exact) mass is 178 g/mol. The normalized spacial score (nSPS) is 11.3. The maximum absolute atomic E-state index is 10.4. The van der Waals surface area contributed by atoms with Crippen LogP contribution in [0.15, 0.2) is 29.5 Å². The van der Waals surface area contributed by atoms with Crippen molar-refractivity contribution in [2.45, 2.75) is 13.5 Å². The highest BCUT2D eigenvalue weighted by atomic mass is 16.4. The molecule has 1 heterocycles. The molecule has 1 rings (SSSR count). The zero-order valence-electron chi connectivity index (χ0n) is 7.27. The average molecular weight is 178 g/mol. The van der Waals surface area contributed by atoms with Gasteiger partial charge in [-0.2, -0.15) is 0 Å². The van der Waals surface area contributed by atoms with Crippen LogP contribution in [0.2, 0.25) is 0 Å². The highest BCUT2D eigenvalue weighted by Crippen LogP contribution is 1.98. The summed E-state index contributed by atoms with van der Waals surface area (Å²) < 4.78 is 0. The lowest BCUT2D eigenvalue weighted by Gasteiger charge is -1.95. The number of nitrogens with zero attached hydrogens (tertiary/aromatic N) is 2. The number of aliphatic imine (C=N–C) groups is 1. The third-order valence-electron chi connectivity index (χ3n) is 1.56. The van der Waals surface area contributed by atoms with E-state index in [1.54, 1.807) is 24.5 Å². The smallest absolute Gasteiger partial charge is 0.349 e. The molecule has 0 saturated heterocycles. The predicted octanol–water partition coefficient (Wildman–Crippen LogP) is 1.13. The standard InChI is InChI=1S/C9H10N2O2/c1-7(9(12)13)11-6-8-2-4-10-5-3-8/h2-5H,6H2,1H3,(H,12,13). The van der Waals surface area contributed by atoms with Crippen LogP contribution in [0.4, 0.5) is 0 Å². The van der Waals surface area contributed by atoms with Crippen molar-refractivity contribution in [3.05, 3.63) is 30.1 Å². The summed E-state index contributed by atoms with van der Waals surface area (Å²) >= 11 is 0. The fourth-order valence-corrected chi connectivity index (χ4v) is 0.766. The number of pyridine rings is 1. The molecule has 0 bridgehead atoms. The molecule has 0 amide bonds. The van der Waals surface area contributed by atoms with E-state index in [-0.39, 0.29) is 5.71 Å². The van der Waals surface area contributed by atoms with Crippen LogP contribution in [0, 0.1) is 0 Å². The molecule has 0 aliphatic rings. The third kappa shape index (κ3) is 3.02. The highest BCUT2D eigenvalue weighted by Gasteiger charge is 1.99. The van der Waals surface area contributed by atoms with Crippen LogP contribution in [-0.2, 0) is 11.3 Å². The number of carbonyl (C=O) groups is 1. The van der Waals surface area contributed by atoms with E-state index in [4.69, 9.17) is 5.11 Å². The first-order valence-corrected chi connectivity index (χ1v) is 3.83. The molecule has 68 valence electrons. The van der Waals surface area contributed by atoms with Gasteiger partial charge in [0.15, 0.2) is 0 Å². The van der Waals surface area contributed by atoms with E-state index >= 15 is 0 Å². The van der Waals surface area contributed by atoms with Crippen LogP contribution >= 0.6 is 0 Å². The molecule has 0 fully saturated rings. The van der Waals surface area contributed by atoms with Crippen LogP contribution in [0.25, 0.3) is 0 Å². The Balaban J connectivity index is 2.62. The Morgan fingerprint density at radius 2 is 2.15 bits per heavy atom. The van der Waals surface area contributed by atoms with Crippen molar-refractivity contribution in [3.63, 3.8) is 0 Å². The van der Waals surface area contributed by atoms with Crippen LogP contribution in [0.1, 0.15) is 12.5 Å². The molecule has 0 aliphatic carbocycles. The Bertz CT molecular complexity index is 320. The molecule has 4 nitrogen and oxygen atoms in total. The lowest BCUT2D eigenvalue weighted by atomic mass is 10.3. The molecule has 0 saturated carbocycles. The maximum Gasteiger partial charge on any atom is 0.349 e. The van der Waals surface area contributed by atoms with Gasteiger partial charge in [-0.1, -0.05) is 0 Å². The topological polar surface area (TPSA) is 62.5 Å². The van der Waals surface area contributed by atoms with Gasteiger partial charge >= 0.3 is 5.97 Å². The zero-order chi connectivity index (χ0) is 9.68. The van der Waals surface area contributed by atoms with E-state index in [0.717, 1.165) is 5.56 Å². The number of aliphatic carboxylic acids is 1. The Labute approximate surface area is 76.0 Å². The molecule has 0 aromatic carbocycles. The molecular weight excluding hydrogens is 168 g/mol. The molecule has 0 spiro atoms. The minimum atomic E-state index is -0.978. The van der Waals surface area contributed by atoms with Gasteiger partial charge < -0.3 is 5.11 Å². The van der Waals surface area contributed by atoms with Crippen molar-refractivity contribution in [1.29, 1.82) is 0 Å². The Morgan fingerprint density at radius 1 is 1.54 bits per heavy atom. The van der Waals surface area contributed by atoms with E-state index in [9.17, 15) is 4.79 Å². The second-order valence-corrected chi connectivity index (χ2v) is 2.56. The number of aromatic nitrogens is 1. The first-order chi connectivity index (χ1) is 6.20. The van der Waals surface area contributed by atoms with Gasteiger partial charge in [-0.15, -0.1) is 0 Å². The molecule has 0 atom stereocenters. The Hall–Kier alpha value is -1.71. The van der Waals surface area contributed by atoms with Gasteiger partial charge in [-0.3, -0.25) is 9.98 Å². The van der Waals surface area contributed by atoms with Gasteiger partial charge in [0.1, 0.15) is 5.71 Å². The lowest BCUT2D eigenvalue weighted by molar-refractivity contribution is -0.129. The van der Waals surface area contributed by atoms with Crippen LogP contribution in [-0.4, -0.2) is 21.8 Å². The zero-order valence-corrected chi connectivity index (χ0v) is 7.27. The van der Waals surface area contributed by atoms with Gasteiger partial charge in [0.2, 0.25) is 0 Å². The SMILES string of the molecule is CC(=NCc1ccncc1)C(=O)O. The summed E-state index contributed by atoms with van der Waals surface area (Å²) in [6.07, 6.45) is 3.31. The van der Waals surface area contributed by atoms with Crippen molar-refractivity contribution in [2.75, 3.05) is 0 Å². The average Bonchev–Trinajstić information content (AvgIpc) is 2.15. The molecular formula is C9H10N2O2. The van der Waals surface area contributed by atoms with Gasteiger partial charge in [0.25, 0.3) is 0 Å². The number of carboxylic acid groups (broad SMARTS) is 1. The van der Waals surface area contributed by atoms with Crippen molar-refractivity contribution in [1.82, 2.24) is 4.98 Å². The van der Waals surface area contributed by atoms with Crippen LogP contribution < -0.4 is 0 Å². The highest BCUT2D eigenvalue weighted by molar-refractivity contribution is 6.34. The number of carboxylic acids is 1. The first kappa shape index (κ1) is 9.38. The van der Waals surface area contributed by atoms with Crippen molar-refractivity contribution in [2.24, 2.45) is 4.99 Å². The predicted molar refractivity (Wildman–Crippen MR) is 48.7 cm³/mol. The summed E-state index contributed by atoms with van der Waals surface area (Å²) in [5.41, 5.74) is 1.08. The second kappa shape index (κ2) is 4.35. The maximum atomic E-state index is 10.4. The minimum absolute atomic E-state index is 0.122. The molecule has 1 N–H and O–H groups in total. The quantitative estimate of drug-likeness (QED) is 0.705. The summed E-state index contributed by atoms with van der Waals surface area (Å²) in [6.45, 7) is 1.87.